The highest BCUT2D eigenvalue weighted by Gasteiger charge is 2.42. The van der Waals surface area contributed by atoms with Gasteiger partial charge in [0.25, 0.3) is 10.1 Å². The van der Waals surface area contributed by atoms with Gasteiger partial charge in [-0.1, -0.05) is 18.2 Å². The number of amides is 1. The summed E-state index contributed by atoms with van der Waals surface area (Å²) < 4.78 is 35.7. The van der Waals surface area contributed by atoms with Gasteiger partial charge in [-0.05, 0) is 12.1 Å². The van der Waals surface area contributed by atoms with Crippen LogP contribution in [0.1, 0.15) is 0 Å². The van der Waals surface area contributed by atoms with Crippen LogP contribution in [-0.2, 0) is 14.9 Å². The molecule has 1 saturated heterocycles. The molecule has 7 heteroatoms. The first-order chi connectivity index (χ1) is 7.50. The van der Waals surface area contributed by atoms with E-state index in [-0.39, 0.29) is 6.61 Å². The highest BCUT2D eigenvalue weighted by molar-refractivity contribution is 7.86. The van der Waals surface area contributed by atoms with Gasteiger partial charge in [-0.2, -0.15) is 8.42 Å². The molecule has 2 rings (SSSR count). The molecule has 6 nitrogen and oxygen atoms in total. The van der Waals surface area contributed by atoms with E-state index in [1.54, 1.807) is 30.3 Å². The Morgan fingerprint density at radius 2 is 1.94 bits per heavy atom. The largest absolute Gasteiger partial charge is 0.446 e. The number of anilines is 1. The predicted molar refractivity (Wildman–Crippen MR) is 55.6 cm³/mol. The standard InChI is InChI=1S/C9H9NO5S/c11-9-10(7-4-2-1-3-5-7)8(6-15-9)16(12,13)14/h1-5,8H,6H2,(H,12,13,14). The number of carbonyl (C=O) groups is 1. The van der Waals surface area contributed by atoms with Crippen molar-refractivity contribution >= 4 is 21.9 Å². The fourth-order valence-electron chi connectivity index (χ4n) is 1.48. The molecule has 86 valence electrons. The van der Waals surface area contributed by atoms with Gasteiger partial charge in [0.15, 0.2) is 0 Å². The third-order valence-electron chi connectivity index (χ3n) is 2.21. The Morgan fingerprint density at radius 3 is 2.50 bits per heavy atom. The second kappa shape index (κ2) is 3.76. The molecule has 1 unspecified atom stereocenters. The summed E-state index contributed by atoms with van der Waals surface area (Å²) in [6.45, 7) is -0.368. The first-order valence-corrected chi connectivity index (χ1v) is 5.98. The summed E-state index contributed by atoms with van der Waals surface area (Å²) in [5.41, 5.74) is 0.368. The van der Waals surface area contributed by atoms with Crippen molar-refractivity contribution in [2.75, 3.05) is 11.5 Å². The number of rotatable bonds is 2. The van der Waals surface area contributed by atoms with Crippen LogP contribution < -0.4 is 4.90 Å². The molecule has 0 aromatic heterocycles. The van der Waals surface area contributed by atoms with E-state index >= 15 is 0 Å². The molecular weight excluding hydrogens is 234 g/mol. The second-order valence-corrected chi connectivity index (χ2v) is 4.83. The molecule has 1 aliphatic rings. The third-order valence-corrected chi connectivity index (χ3v) is 3.25. The molecular formula is C9H9NO5S. The zero-order valence-electron chi connectivity index (χ0n) is 8.11. The molecule has 1 heterocycles. The number of hydrogen-bond acceptors (Lipinski definition) is 4. The van der Waals surface area contributed by atoms with Gasteiger partial charge in [0.1, 0.15) is 6.61 Å². The average molecular weight is 243 g/mol. The SMILES string of the molecule is O=C1OCC(S(=O)(=O)O)N1c1ccccc1. The summed E-state index contributed by atoms with van der Waals surface area (Å²) in [7, 11) is -4.35. The summed E-state index contributed by atoms with van der Waals surface area (Å²) >= 11 is 0. The molecule has 0 aliphatic carbocycles. The minimum atomic E-state index is -4.35. The zero-order valence-corrected chi connectivity index (χ0v) is 8.92. The molecule has 0 bridgehead atoms. The van der Waals surface area contributed by atoms with Crippen LogP contribution in [0.4, 0.5) is 10.5 Å². The molecule has 1 aliphatic heterocycles. The van der Waals surface area contributed by atoms with Crippen molar-refractivity contribution in [2.45, 2.75) is 5.37 Å². The zero-order chi connectivity index (χ0) is 11.8. The van der Waals surface area contributed by atoms with Gasteiger partial charge in [-0.15, -0.1) is 0 Å². The Morgan fingerprint density at radius 1 is 1.31 bits per heavy atom. The van der Waals surface area contributed by atoms with Crippen LogP contribution in [0.2, 0.25) is 0 Å². The van der Waals surface area contributed by atoms with E-state index in [1.807, 2.05) is 0 Å². The molecule has 1 N–H and O–H groups in total. The van der Waals surface area contributed by atoms with Gasteiger partial charge >= 0.3 is 6.09 Å². The Bertz CT molecular complexity index is 498. The molecule has 0 spiro atoms. The van der Waals surface area contributed by atoms with Crippen molar-refractivity contribution in [3.8, 4) is 0 Å². The van der Waals surface area contributed by atoms with Crippen LogP contribution >= 0.6 is 0 Å². The van der Waals surface area contributed by atoms with E-state index in [1.165, 1.54) is 0 Å². The Labute approximate surface area is 92.2 Å². The van der Waals surface area contributed by atoms with E-state index in [9.17, 15) is 13.2 Å². The fraction of sp³-hybridized carbons (Fsp3) is 0.222. The topological polar surface area (TPSA) is 83.9 Å². The molecule has 16 heavy (non-hydrogen) atoms. The summed E-state index contributed by atoms with van der Waals surface area (Å²) in [6.07, 6.45) is -0.783. The van der Waals surface area contributed by atoms with E-state index in [0.717, 1.165) is 4.90 Å². The van der Waals surface area contributed by atoms with Gasteiger partial charge in [-0.3, -0.25) is 9.45 Å². The first-order valence-electron chi connectivity index (χ1n) is 4.47. The van der Waals surface area contributed by atoms with Gasteiger partial charge < -0.3 is 4.74 Å². The van der Waals surface area contributed by atoms with E-state index < -0.39 is 21.6 Å². The maximum absolute atomic E-state index is 11.4. The van der Waals surface area contributed by atoms with E-state index in [4.69, 9.17) is 4.55 Å². The normalized spacial score (nSPS) is 20.9. The van der Waals surface area contributed by atoms with E-state index in [0.29, 0.717) is 5.69 Å². The number of carbonyl (C=O) groups excluding carboxylic acids is 1. The minimum absolute atomic E-state index is 0.368. The van der Waals surface area contributed by atoms with Crippen molar-refractivity contribution in [1.82, 2.24) is 0 Å². The monoisotopic (exact) mass is 243 g/mol. The number of nitrogens with zero attached hydrogens (tertiary/aromatic N) is 1. The molecule has 1 aromatic carbocycles. The highest BCUT2D eigenvalue weighted by atomic mass is 32.2. The number of hydrogen-bond donors (Lipinski definition) is 1. The quantitative estimate of drug-likeness (QED) is 0.779. The third kappa shape index (κ3) is 1.86. The van der Waals surface area contributed by atoms with Crippen LogP contribution in [-0.4, -0.2) is 31.0 Å². The molecule has 1 amide bonds. The smallest absolute Gasteiger partial charge is 0.415 e. The predicted octanol–water partition coefficient (Wildman–Crippen LogP) is 0.857. The first kappa shape index (κ1) is 10.9. The Hall–Kier alpha value is -1.60. The average Bonchev–Trinajstić information content (AvgIpc) is 2.61. The molecule has 1 fully saturated rings. The lowest BCUT2D eigenvalue weighted by molar-refractivity contribution is 0.180. The van der Waals surface area contributed by atoms with Gasteiger partial charge in [-0.25, -0.2) is 4.79 Å². The fourth-order valence-corrected chi connectivity index (χ4v) is 2.20. The molecule has 1 atom stereocenters. The van der Waals surface area contributed by atoms with Crippen molar-refractivity contribution in [3.05, 3.63) is 30.3 Å². The molecule has 1 aromatic rings. The molecule has 0 saturated carbocycles. The Kier molecular flexibility index (Phi) is 2.56. The van der Waals surface area contributed by atoms with Gasteiger partial charge in [0.05, 0.1) is 0 Å². The number of cyclic esters (lactones) is 1. The Balaban J connectivity index is 2.42. The summed E-state index contributed by atoms with van der Waals surface area (Å²) in [5, 5.41) is -1.37. The van der Waals surface area contributed by atoms with Crippen LogP contribution in [0.3, 0.4) is 0 Å². The summed E-state index contributed by atoms with van der Waals surface area (Å²) in [6, 6.07) is 8.16. The maximum Gasteiger partial charge on any atom is 0.415 e. The summed E-state index contributed by atoms with van der Waals surface area (Å²) in [5.74, 6) is 0. The van der Waals surface area contributed by atoms with Crippen LogP contribution in [0.15, 0.2) is 30.3 Å². The van der Waals surface area contributed by atoms with Crippen molar-refractivity contribution in [3.63, 3.8) is 0 Å². The lowest BCUT2D eigenvalue weighted by Gasteiger charge is -2.18. The lowest BCUT2D eigenvalue weighted by Crippen LogP contribution is -2.39. The lowest BCUT2D eigenvalue weighted by atomic mass is 10.3. The van der Waals surface area contributed by atoms with Crippen LogP contribution in [0, 0.1) is 0 Å². The number of ether oxygens (including phenoxy) is 1. The number of benzene rings is 1. The van der Waals surface area contributed by atoms with Crippen molar-refractivity contribution in [1.29, 1.82) is 0 Å². The highest BCUT2D eigenvalue weighted by Crippen LogP contribution is 2.24. The van der Waals surface area contributed by atoms with Crippen LogP contribution in [0.25, 0.3) is 0 Å². The van der Waals surface area contributed by atoms with Crippen molar-refractivity contribution < 1.29 is 22.5 Å². The number of para-hydroxylation sites is 1. The second-order valence-electron chi connectivity index (χ2n) is 3.25. The van der Waals surface area contributed by atoms with Crippen molar-refractivity contribution in [2.24, 2.45) is 0 Å². The maximum atomic E-state index is 11.4. The summed E-state index contributed by atoms with van der Waals surface area (Å²) in [4.78, 5) is 12.3. The van der Waals surface area contributed by atoms with Gasteiger partial charge in [0.2, 0.25) is 5.37 Å². The van der Waals surface area contributed by atoms with Gasteiger partial charge in [0, 0.05) is 5.69 Å². The van der Waals surface area contributed by atoms with Crippen LogP contribution in [0.5, 0.6) is 0 Å². The molecule has 0 radical (unpaired) electrons. The minimum Gasteiger partial charge on any atom is -0.446 e. The van der Waals surface area contributed by atoms with E-state index in [2.05, 4.69) is 4.74 Å².